The Balaban J connectivity index is 2.11. The number of carbonyl (C=O) groups excluding carboxylic acids is 1. The summed E-state index contributed by atoms with van der Waals surface area (Å²) in [7, 11) is 1.45. The normalized spacial score (nSPS) is 9.33. The van der Waals surface area contributed by atoms with Gasteiger partial charge in [-0.1, -0.05) is 18.1 Å². The van der Waals surface area contributed by atoms with E-state index in [0.717, 1.165) is 16.8 Å². The molecule has 2 rings (SSSR count). The summed E-state index contributed by atoms with van der Waals surface area (Å²) in [4.78, 5) is 15.6. The first-order valence-corrected chi connectivity index (χ1v) is 9.98. The Kier molecular flexibility index (Phi) is 6.05. The number of rotatable bonds is 3. The van der Waals surface area contributed by atoms with Crippen LogP contribution in [0.2, 0.25) is 0 Å². The molecule has 1 heterocycles. The third-order valence-corrected chi connectivity index (χ3v) is 4.00. The number of nitrogens with one attached hydrogen (secondary N) is 1. The zero-order chi connectivity index (χ0) is 15.1. The fourth-order valence-corrected chi connectivity index (χ4v) is 2.72. The van der Waals surface area contributed by atoms with Gasteiger partial charge in [0.1, 0.15) is 6.42 Å². The van der Waals surface area contributed by atoms with E-state index in [0.29, 0.717) is 5.13 Å². The average molecular weight is 425 g/mol. The molecule has 104 valence electrons. The summed E-state index contributed by atoms with van der Waals surface area (Å²) in [5.74, 6) is 2.67. The first-order chi connectivity index (χ1) is 10.2. The Hall–Kier alpha value is -1.55. The molecule has 0 unspecified atom stereocenters. The minimum Gasteiger partial charge on any atom is -0.301 e. The van der Waals surface area contributed by atoms with Crippen LogP contribution in [0.4, 0.5) is 5.13 Å². The van der Waals surface area contributed by atoms with Crippen LogP contribution in [0.1, 0.15) is 12.0 Å². The molecular formula is C14H8IN3OS2. The summed E-state index contributed by atoms with van der Waals surface area (Å²) < 4.78 is 0. The van der Waals surface area contributed by atoms with Crippen molar-refractivity contribution >= 4 is 52.5 Å². The maximum absolute atomic E-state index is 11.3. The number of benzene rings is 1. The van der Waals surface area contributed by atoms with Gasteiger partial charge in [0, 0.05) is 37.7 Å². The van der Waals surface area contributed by atoms with Crippen LogP contribution in [0.3, 0.4) is 0 Å². The van der Waals surface area contributed by atoms with Crippen molar-refractivity contribution < 1.29 is 4.79 Å². The fraction of sp³-hybridized carbons (Fsp3) is 0.0714. The number of halogens is 1. The van der Waals surface area contributed by atoms with E-state index in [9.17, 15) is 4.79 Å². The summed E-state index contributed by atoms with van der Waals surface area (Å²) in [6.07, 6.45) is -0.170. The van der Waals surface area contributed by atoms with Gasteiger partial charge in [0.25, 0.3) is 0 Å². The first-order valence-electron chi connectivity index (χ1n) is 5.74. The third-order valence-electron chi connectivity index (χ3n) is 2.40. The SMILES string of the molecule is N#CCC(=O)Nc1nc(-c2ccc(C#CSI)cc2)cs1. The lowest BCUT2D eigenvalue weighted by Crippen LogP contribution is -2.09. The second-order valence-corrected chi connectivity index (χ2v) is 6.34. The molecule has 7 heteroatoms. The number of aromatic nitrogens is 1. The largest absolute Gasteiger partial charge is 0.301 e. The maximum Gasteiger partial charge on any atom is 0.240 e. The molecule has 0 fully saturated rings. The van der Waals surface area contributed by atoms with E-state index in [1.54, 1.807) is 6.07 Å². The highest BCUT2D eigenvalue weighted by atomic mass is 127. The number of amides is 1. The van der Waals surface area contributed by atoms with Crippen molar-refractivity contribution in [2.75, 3.05) is 5.32 Å². The Morgan fingerprint density at radius 1 is 1.43 bits per heavy atom. The molecule has 0 saturated heterocycles. The molecule has 1 amide bonds. The van der Waals surface area contributed by atoms with Crippen molar-refractivity contribution in [3.63, 3.8) is 0 Å². The van der Waals surface area contributed by atoms with Gasteiger partial charge in [-0.25, -0.2) is 4.98 Å². The highest BCUT2D eigenvalue weighted by Gasteiger charge is 2.07. The Morgan fingerprint density at radius 2 is 2.19 bits per heavy atom. The highest BCUT2D eigenvalue weighted by Crippen LogP contribution is 2.25. The smallest absolute Gasteiger partial charge is 0.240 e. The van der Waals surface area contributed by atoms with Crippen LogP contribution < -0.4 is 5.32 Å². The number of hydrogen-bond donors (Lipinski definition) is 1. The minimum atomic E-state index is -0.347. The van der Waals surface area contributed by atoms with Crippen molar-refractivity contribution in [1.82, 2.24) is 4.98 Å². The van der Waals surface area contributed by atoms with Crippen LogP contribution in [0.5, 0.6) is 0 Å². The average Bonchev–Trinajstić information content (AvgIpc) is 2.94. The van der Waals surface area contributed by atoms with Crippen molar-refractivity contribution in [2.24, 2.45) is 0 Å². The zero-order valence-corrected chi connectivity index (χ0v) is 14.4. The van der Waals surface area contributed by atoms with Crippen LogP contribution in [0.25, 0.3) is 11.3 Å². The lowest BCUT2D eigenvalue weighted by atomic mass is 10.1. The van der Waals surface area contributed by atoms with Gasteiger partial charge in [-0.15, -0.1) is 11.3 Å². The van der Waals surface area contributed by atoms with Gasteiger partial charge < -0.3 is 5.32 Å². The summed E-state index contributed by atoms with van der Waals surface area (Å²) in [6.45, 7) is 0. The predicted molar refractivity (Wildman–Crippen MR) is 94.9 cm³/mol. The van der Waals surface area contributed by atoms with Gasteiger partial charge in [-0.05, 0) is 26.3 Å². The van der Waals surface area contributed by atoms with Crippen molar-refractivity contribution in [3.05, 3.63) is 35.2 Å². The molecule has 0 bridgehead atoms. The van der Waals surface area contributed by atoms with Crippen LogP contribution in [0, 0.1) is 22.5 Å². The molecule has 0 aliphatic rings. The molecular weight excluding hydrogens is 417 g/mol. The molecule has 4 nitrogen and oxygen atoms in total. The molecule has 0 atom stereocenters. The van der Waals surface area contributed by atoms with Crippen LogP contribution in [-0.2, 0) is 4.79 Å². The van der Waals surface area contributed by atoms with Gasteiger partial charge in [0.05, 0.1) is 11.8 Å². The highest BCUT2D eigenvalue weighted by molar-refractivity contribution is 14.2. The molecule has 1 aromatic carbocycles. The van der Waals surface area contributed by atoms with E-state index in [2.05, 4.69) is 42.7 Å². The van der Waals surface area contributed by atoms with Crippen molar-refractivity contribution in [3.8, 4) is 28.5 Å². The number of carbonyl (C=O) groups is 1. The number of anilines is 1. The Morgan fingerprint density at radius 3 is 2.86 bits per heavy atom. The summed E-state index contributed by atoms with van der Waals surface area (Å²) >= 11 is 3.46. The molecule has 1 aromatic heterocycles. The van der Waals surface area contributed by atoms with Gasteiger partial charge in [-0.3, -0.25) is 4.79 Å². The Labute approximate surface area is 142 Å². The van der Waals surface area contributed by atoms with Gasteiger partial charge >= 0.3 is 0 Å². The van der Waals surface area contributed by atoms with E-state index in [1.807, 2.05) is 29.6 Å². The second kappa shape index (κ2) is 8.03. The molecule has 2 aromatic rings. The lowest BCUT2D eigenvalue weighted by Gasteiger charge is -1.98. The summed E-state index contributed by atoms with van der Waals surface area (Å²) in [5.41, 5.74) is 2.69. The second-order valence-electron chi connectivity index (χ2n) is 3.80. The number of hydrogen-bond acceptors (Lipinski definition) is 5. The molecule has 0 radical (unpaired) electrons. The number of thiazole rings is 1. The molecule has 0 aliphatic carbocycles. The lowest BCUT2D eigenvalue weighted by molar-refractivity contribution is -0.115. The zero-order valence-electron chi connectivity index (χ0n) is 10.6. The minimum absolute atomic E-state index is 0.170. The molecule has 0 aliphatic heterocycles. The molecule has 1 N–H and O–H groups in total. The maximum atomic E-state index is 11.3. The number of nitrogens with zero attached hydrogens (tertiary/aromatic N) is 2. The topological polar surface area (TPSA) is 65.8 Å². The summed E-state index contributed by atoms with van der Waals surface area (Å²) in [6, 6.07) is 9.55. The Bertz CT molecular complexity index is 738. The van der Waals surface area contributed by atoms with E-state index in [-0.39, 0.29) is 12.3 Å². The fourth-order valence-electron chi connectivity index (χ4n) is 1.50. The molecule has 0 saturated carbocycles. The van der Waals surface area contributed by atoms with E-state index in [4.69, 9.17) is 5.26 Å². The quantitative estimate of drug-likeness (QED) is 0.595. The van der Waals surface area contributed by atoms with Crippen molar-refractivity contribution in [2.45, 2.75) is 6.42 Å². The van der Waals surface area contributed by atoms with Gasteiger partial charge in [-0.2, -0.15) is 5.26 Å². The first kappa shape index (κ1) is 15.8. The third kappa shape index (κ3) is 4.74. The van der Waals surface area contributed by atoms with Gasteiger partial charge in [0.15, 0.2) is 5.13 Å². The van der Waals surface area contributed by atoms with Crippen molar-refractivity contribution in [1.29, 1.82) is 5.26 Å². The predicted octanol–water partition coefficient (Wildman–Crippen LogP) is 4.05. The van der Waals surface area contributed by atoms with Gasteiger partial charge in [0.2, 0.25) is 5.91 Å². The van der Waals surface area contributed by atoms with E-state index >= 15 is 0 Å². The summed E-state index contributed by atoms with van der Waals surface area (Å²) in [5, 5.41) is 16.3. The standard InChI is InChI=1S/C14H8IN3OS2/c15-21-8-6-10-1-3-11(4-2-10)12-9-20-14(17-12)18-13(19)5-7-16/h1-4,9H,5H2,(H,17,18,19). The molecule has 21 heavy (non-hydrogen) atoms. The number of nitriles is 1. The monoisotopic (exact) mass is 425 g/mol. The van der Waals surface area contributed by atoms with Crippen LogP contribution in [-0.4, -0.2) is 10.9 Å². The van der Waals surface area contributed by atoms with E-state index < -0.39 is 0 Å². The van der Waals surface area contributed by atoms with Crippen LogP contribution >= 0.6 is 41.5 Å². The molecule has 0 spiro atoms. The van der Waals surface area contributed by atoms with Crippen LogP contribution in [0.15, 0.2) is 29.6 Å². The van der Waals surface area contributed by atoms with E-state index in [1.165, 1.54) is 20.3 Å².